The molecule has 0 saturated carbocycles. The van der Waals surface area contributed by atoms with E-state index in [0.29, 0.717) is 27.6 Å². The molecule has 0 radical (unpaired) electrons. The molecule has 6 nitrogen and oxygen atoms in total. The SMILES string of the molecule is Cc1oc(C(=O)NC(CN)Cc2ccc(F)c(F)c2)cc1-c1c(Cl)cnn1C. The van der Waals surface area contributed by atoms with Crippen molar-refractivity contribution < 1.29 is 18.0 Å². The molecule has 0 aliphatic heterocycles. The summed E-state index contributed by atoms with van der Waals surface area (Å²) in [4.78, 5) is 12.6. The van der Waals surface area contributed by atoms with Crippen molar-refractivity contribution >= 4 is 17.5 Å². The maximum Gasteiger partial charge on any atom is 0.287 e. The van der Waals surface area contributed by atoms with Gasteiger partial charge in [0.15, 0.2) is 17.4 Å². The summed E-state index contributed by atoms with van der Waals surface area (Å²) in [5.74, 6) is -1.73. The van der Waals surface area contributed by atoms with Gasteiger partial charge in [-0.15, -0.1) is 0 Å². The Morgan fingerprint density at radius 1 is 1.36 bits per heavy atom. The lowest BCUT2D eigenvalue weighted by Crippen LogP contribution is -2.41. The van der Waals surface area contributed by atoms with E-state index in [9.17, 15) is 13.6 Å². The highest BCUT2D eigenvalue weighted by atomic mass is 35.5. The highest BCUT2D eigenvalue weighted by Gasteiger charge is 2.21. The van der Waals surface area contributed by atoms with Gasteiger partial charge in [-0.2, -0.15) is 5.10 Å². The van der Waals surface area contributed by atoms with Gasteiger partial charge < -0.3 is 15.5 Å². The van der Waals surface area contributed by atoms with E-state index in [0.717, 1.165) is 12.1 Å². The zero-order valence-corrected chi connectivity index (χ0v) is 16.1. The van der Waals surface area contributed by atoms with E-state index in [1.807, 2.05) is 0 Å². The molecule has 148 valence electrons. The lowest BCUT2D eigenvalue weighted by molar-refractivity contribution is 0.0908. The molecular weight excluding hydrogens is 390 g/mol. The van der Waals surface area contributed by atoms with Crippen molar-refractivity contribution in [2.45, 2.75) is 19.4 Å². The van der Waals surface area contributed by atoms with Crippen molar-refractivity contribution in [1.29, 1.82) is 0 Å². The predicted molar refractivity (Wildman–Crippen MR) is 101 cm³/mol. The lowest BCUT2D eigenvalue weighted by atomic mass is 10.1. The Labute approximate surface area is 165 Å². The van der Waals surface area contributed by atoms with Crippen molar-refractivity contribution in [3.8, 4) is 11.3 Å². The van der Waals surface area contributed by atoms with Crippen LogP contribution in [0.3, 0.4) is 0 Å². The second-order valence-electron chi connectivity index (χ2n) is 6.40. The molecule has 2 aromatic heterocycles. The quantitative estimate of drug-likeness (QED) is 0.655. The Hall–Kier alpha value is -2.71. The molecular formula is C19H19ClF2N4O2. The summed E-state index contributed by atoms with van der Waals surface area (Å²) in [6.07, 6.45) is 1.76. The van der Waals surface area contributed by atoms with Gasteiger partial charge in [0.1, 0.15) is 5.76 Å². The van der Waals surface area contributed by atoms with Crippen LogP contribution in [0.15, 0.2) is 34.9 Å². The van der Waals surface area contributed by atoms with E-state index < -0.39 is 23.6 Å². The number of aromatic nitrogens is 2. The van der Waals surface area contributed by atoms with Crippen molar-refractivity contribution in [3.63, 3.8) is 0 Å². The molecule has 2 heterocycles. The lowest BCUT2D eigenvalue weighted by Gasteiger charge is -2.16. The maximum absolute atomic E-state index is 13.4. The Morgan fingerprint density at radius 2 is 2.11 bits per heavy atom. The van der Waals surface area contributed by atoms with Crippen LogP contribution >= 0.6 is 11.6 Å². The normalized spacial score (nSPS) is 12.2. The number of nitrogens with zero attached hydrogens (tertiary/aromatic N) is 2. The molecule has 28 heavy (non-hydrogen) atoms. The molecule has 0 aliphatic rings. The molecule has 1 atom stereocenters. The first-order chi connectivity index (χ1) is 13.3. The molecule has 9 heteroatoms. The van der Waals surface area contributed by atoms with Crippen LogP contribution in [-0.2, 0) is 13.5 Å². The molecule has 0 spiro atoms. The molecule has 0 saturated heterocycles. The molecule has 1 amide bonds. The zero-order chi connectivity index (χ0) is 20.4. The molecule has 1 unspecified atom stereocenters. The Balaban J connectivity index is 1.76. The fraction of sp³-hybridized carbons (Fsp3) is 0.263. The van der Waals surface area contributed by atoms with E-state index in [-0.39, 0.29) is 18.7 Å². The van der Waals surface area contributed by atoms with E-state index >= 15 is 0 Å². The monoisotopic (exact) mass is 408 g/mol. The third kappa shape index (κ3) is 4.07. The third-order valence-electron chi connectivity index (χ3n) is 4.38. The number of carbonyl (C=O) groups excluding carboxylic acids is 1. The van der Waals surface area contributed by atoms with Crippen LogP contribution in [0, 0.1) is 18.6 Å². The number of nitrogens with two attached hydrogens (primary N) is 1. The van der Waals surface area contributed by atoms with Gasteiger partial charge in [-0.1, -0.05) is 17.7 Å². The second-order valence-corrected chi connectivity index (χ2v) is 6.81. The number of amides is 1. The number of carbonyl (C=O) groups is 1. The summed E-state index contributed by atoms with van der Waals surface area (Å²) in [7, 11) is 1.74. The molecule has 0 bridgehead atoms. The first-order valence-corrected chi connectivity index (χ1v) is 8.91. The summed E-state index contributed by atoms with van der Waals surface area (Å²) in [5.41, 5.74) is 7.54. The predicted octanol–water partition coefficient (Wildman–Crippen LogP) is 3.22. The molecule has 3 N–H and O–H groups in total. The van der Waals surface area contributed by atoms with Gasteiger partial charge >= 0.3 is 0 Å². The summed E-state index contributed by atoms with van der Waals surface area (Å²) in [6, 6.07) is 4.68. The zero-order valence-electron chi connectivity index (χ0n) is 15.3. The van der Waals surface area contributed by atoms with Crippen molar-refractivity contribution in [2.24, 2.45) is 12.8 Å². The van der Waals surface area contributed by atoms with Crippen molar-refractivity contribution in [2.75, 3.05) is 6.54 Å². The van der Waals surface area contributed by atoms with Crippen LogP contribution in [-0.4, -0.2) is 28.3 Å². The van der Waals surface area contributed by atoms with Crippen LogP contribution in [0.25, 0.3) is 11.3 Å². The van der Waals surface area contributed by atoms with Crippen molar-refractivity contribution in [1.82, 2.24) is 15.1 Å². The Morgan fingerprint density at radius 3 is 2.71 bits per heavy atom. The fourth-order valence-electron chi connectivity index (χ4n) is 2.94. The van der Waals surface area contributed by atoms with E-state index in [4.69, 9.17) is 21.8 Å². The van der Waals surface area contributed by atoms with Gasteiger partial charge in [-0.25, -0.2) is 8.78 Å². The van der Waals surface area contributed by atoms with Gasteiger partial charge in [-0.05, 0) is 37.1 Å². The summed E-state index contributed by atoms with van der Waals surface area (Å²) >= 11 is 6.16. The summed E-state index contributed by atoms with van der Waals surface area (Å²) in [5, 5.41) is 7.27. The van der Waals surface area contributed by atoms with E-state index in [2.05, 4.69) is 10.4 Å². The van der Waals surface area contributed by atoms with Gasteiger partial charge in [0.25, 0.3) is 5.91 Å². The van der Waals surface area contributed by atoms with Crippen LogP contribution in [0.5, 0.6) is 0 Å². The first kappa shape index (κ1) is 20.0. The molecule has 3 aromatic rings. The third-order valence-corrected chi connectivity index (χ3v) is 4.65. The average Bonchev–Trinajstić information content (AvgIpc) is 3.19. The van der Waals surface area contributed by atoms with Gasteiger partial charge in [-0.3, -0.25) is 9.48 Å². The van der Waals surface area contributed by atoms with E-state index in [1.54, 1.807) is 24.7 Å². The fourth-order valence-corrected chi connectivity index (χ4v) is 3.21. The van der Waals surface area contributed by atoms with Gasteiger partial charge in [0, 0.05) is 25.2 Å². The van der Waals surface area contributed by atoms with Crippen LogP contribution < -0.4 is 11.1 Å². The van der Waals surface area contributed by atoms with Crippen LogP contribution in [0.2, 0.25) is 5.02 Å². The maximum atomic E-state index is 13.4. The number of aryl methyl sites for hydroxylation is 2. The van der Waals surface area contributed by atoms with Crippen molar-refractivity contribution in [3.05, 3.63) is 64.2 Å². The molecule has 3 rings (SSSR count). The number of hydrogen-bond acceptors (Lipinski definition) is 4. The number of rotatable bonds is 6. The number of halogens is 3. The minimum absolute atomic E-state index is 0.0912. The molecule has 1 aromatic carbocycles. The Bertz CT molecular complexity index is 996. The summed E-state index contributed by atoms with van der Waals surface area (Å²) in [6.45, 7) is 1.84. The number of hydrogen-bond donors (Lipinski definition) is 2. The highest BCUT2D eigenvalue weighted by molar-refractivity contribution is 6.33. The van der Waals surface area contributed by atoms with Crippen LogP contribution in [0.1, 0.15) is 21.9 Å². The molecule has 0 fully saturated rings. The summed E-state index contributed by atoms with van der Waals surface area (Å²) < 4.78 is 33.6. The second kappa shape index (κ2) is 8.12. The topological polar surface area (TPSA) is 86.1 Å². The first-order valence-electron chi connectivity index (χ1n) is 8.53. The highest BCUT2D eigenvalue weighted by Crippen LogP contribution is 2.32. The average molecular weight is 409 g/mol. The number of nitrogens with one attached hydrogen (secondary N) is 1. The van der Waals surface area contributed by atoms with Gasteiger partial charge in [0.05, 0.1) is 16.9 Å². The smallest absolute Gasteiger partial charge is 0.287 e. The molecule has 0 aliphatic carbocycles. The number of furan rings is 1. The largest absolute Gasteiger partial charge is 0.455 e. The van der Waals surface area contributed by atoms with Crippen LogP contribution in [0.4, 0.5) is 8.78 Å². The Kier molecular flexibility index (Phi) is 5.81. The minimum Gasteiger partial charge on any atom is -0.455 e. The minimum atomic E-state index is -0.945. The van der Waals surface area contributed by atoms with Gasteiger partial charge in [0.2, 0.25) is 0 Å². The standard InChI is InChI=1S/C19H19ClF2N4O2/c1-10-13(18-14(20)9-24-26(18)2)7-17(28-10)19(27)25-12(8-23)5-11-3-4-15(21)16(22)6-11/h3-4,6-7,9,12H,5,8,23H2,1-2H3,(H,25,27). The van der Waals surface area contributed by atoms with E-state index in [1.165, 1.54) is 12.3 Å². The number of benzene rings is 1.